The molecule has 0 fully saturated rings. The Hall–Kier alpha value is -5.22. The van der Waals surface area contributed by atoms with Gasteiger partial charge in [-0.2, -0.15) is 17.1 Å². The number of aromatic nitrogens is 3. The van der Waals surface area contributed by atoms with Gasteiger partial charge in [0.2, 0.25) is 5.88 Å². The molecular formula is C44H34B2N4OPt. The molecule has 52 heavy (non-hydrogen) atoms. The fourth-order valence-corrected chi connectivity index (χ4v) is 7.33. The van der Waals surface area contributed by atoms with Gasteiger partial charge in [0.25, 0.3) is 0 Å². The van der Waals surface area contributed by atoms with E-state index < -0.39 is 0 Å². The van der Waals surface area contributed by atoms with E-state index in [2.05, 4.69) is 159 Å². The molecule has 0 spiro atoms. The summed E-state index contributed by atoms with van der Waals surface area (Å²) in [4.78, 5) is 9.91. The first-order chi connectivity index (χ1) is 24.9. The monoisotopic (exact) mass is 851 g/mol. The maximum atomic E-state index is 6.53. The van der Waals surface area contributed by atoms with E-state index in [4.69, 9.17) is 19.8 Å². The summed E-state index contributed by atoms with van der Waals surface area (Å²) in [6, 6.07) is 54.1. The van der Waals surface area contributed by atoms with Crippen LogP contribution in [-0.2, 0) is 26.5 Å². The zero-order valence-electron chi connectivity index (χ0n) is 29.1. The molecule has 8 heteroatoms. The van der Waals surface area contributed by atoms with Crippen molar-refractivity contribution in [1.29, 1.82) is 0 Å². The second-order valence-corrected chi connectivity index (χ2v) is 14.1. The molecule has 5 aromatic carbocycles. The average molecular weight is 851 g/mol. The molecule has 0 aliphatic carbocycles. The third kappa shape index (κ3) is 6.08. The van der Waals surface area contributed by atoms with Crippen LogP contribution in [0.5, 0.6) is 11.6 Å². The predicted molar refractivity (Wildman–Crippen MR) is 212 cm³/mol. The van der Waals surface area contributed by atoms with Crippen molar-refractivity contribution in [2.75, 3.05) is 0 Å². The second kappa shape index (κ2) is 13.7. The van der Waals surface area contributed by atoms with E-state index in [1.807, 2.05) is 24.4 Å². The average Bonchev–Trinajstić information content (AvgIpc) is 3.40. The maximum absolute atomic E-state index is 6.53. The Morgan fingerprint density at radius 2 is 1.37 bits per heavy atom. The van der Waals surface area contributed by atoms with Crippen LogP contribution < -0.4 is 26.6 Å². The van der Waals surface area contributed by atoms with Gasteiger partial charge in [0, 0.05) is 28.8 Å². The van der Waals surface area contributed by atoms with E-state index in [1.165, 1.54) is 22.2 Å². The van der Waals surface area contributed by atoms with Crippen LogP contribution in [0.1, 0.15) is 26.3 Å². The standard InChI is InChI=1S/C44H34B2N4O.Pt/c1-44(2,3)30-26-27-47-41(28-30)50-40-23-12-9-20-36(40)37-24-25-42(48-43(37)50)51-33-17-13-16-32(29-33)46-39-22-11-8-19-35(39)34-18-7-10-21-38(34)45(49-46)31-14-5-4-6-15-31;/h4-28H,1-3H3;/q-2;+2. The van der Waals surface area contributed by atoms with Gasteiger partial charge in [0.05, 0.1) is 19.2 Å². The number of hydrogen-bond donors (Lipinski definition) is 0. The third-order valence-corrected chi connectivity index (χ3v) is 9.85. The predicted octanol–water partition coefficient (Wildman–Crippen LogP) is 7.73. The molecular weight excluding hydrogens is 817 g/mol. The summed E-state index contributed by atoms with van der Waals surface area (Å²) in [7, 11) is 0. The first kappa shape index (κ1) is 33.9. The van der Waals surface area contributed by atoms with Crippen molar-refractivity contribution in [2.45, 2.75) is 26.2 Å². The molecule has 0 unspecified atom stereocenters. The topological polar surface area (TPSA) is 54.0 Å². The summed E-state index contributed by atoms with van der Waals surface area (Å²) in [5.74, 6) is 1.90. The molecule has 3 aromatic heterocycles. The summed E-state index contributed by atoms with van der Waals surface area (Å²) in [6.45, 7) is 6.24. The second-order valence-electron chi connectivity index (χ2n) is 14.1. The Labute approximate surface area is 319 Å². The molecule has 0 saturated carbocycles. The smallest absolute Gasteiger partial charge is 0.695 e. The van der Waals surface area contributed by atoms with E-state index in [1.54, 1.807) is 0 Å². The number of fused-ring (bicyclic) bond motifs is 6. The Bertz CT molecular complexity index is 2570. The van der Waals surface area contributed by atoms with Crippen molar-refractivity contribution in [1.82, 2.24) is 14.5 Å². The van der Waals surface area contributed by atoms with Gasteiger partial charge in [-0.3, -0.25) is 4.57 Å². The number of benzene rings is 5. The summed E-state index contributed by atoms with van der Waals surface area (Å²) in [6.07, 6.45) is 1.88. The normalized spacial score (nSPS) is 12.6. The summed E-state index contributed by atoms with van der Waals surface area (Å²) < 4.78 is 8.67. The molecule has 0 saturated heterocycles. The van der Waals surface area contributed by atoms with Crippen molar-refractivity contribution in [3.63, 3.8) is 0 Å². The molecule has 5 nitrogen and oxygen atoms in total. The Kier molecular flexibility index (Phi) is 8.95. The van der Waals surface area contributed by atoms with E-state index in [0.717, 1.165) is 44.1 Å². The van der Waals surface area contributed by atoms with Crippen molar-refractivity contribution >= 4 is 57.5 Å². The zero-order valence-corrected chi connectivity index (χ0v) is 31.4. The van der Waals surface area contributed by atoms with Gasteiger partial charge in [-0.1, -0.05) is 129 Å². The SMILES string of the molecule is CC(C)(C)c1ccnc(-n2c3ccccc3c3ccc(Oc4[c-]c(B5[N-]B(c6ccccc6)c6ccccc6-c6ccccc65)ccc4)nc32)c1.[Pt+2]. The van der Waals surface area contributed by atoms with Gasteiger partial charge in [0.1, 0.15) is 5.82 Å². The van der Waals surface area contributed by atoms with Crippen molar-refractivity contribution in [2.24, 2.45) is 0 Å². The third-order valence-electron chi connectivity index (χ3n) is 9.85. The fraction of sp³-hybridized carbons (Fsp3) is 0.0909. The number of ether oxygens (including phenoxy) is 1. The van der Waals surface area contributed by atoms with Gasteiger partial charge >= 0.3 is 21.1 Å². The van der Waals surface area contributed by atoms with Crippen LogP contribution in [0.15, 0.2) is 152 Å². The number of nitrogens with zero attached hydrogens (tertiary/aromatic N) is 4. The first-order valence-electron chi connectivity index (χ1n) is 17.4. The molecule has 9 rings (SSSR count). The molecule has 0 amide bonds. The van der Waals surface area contributed by atoms with Crippen LogP contribution in [-0.4, -0.2) is 28.2 Å². The van der Waals surface area contributed by atoms with Crippen LogP contribution in [0.25, 0.3) is 44.0 Å². The molecule has 1 aliphatic rings. The number of rotatable bonds is 5. The first-order valence-corrected chi connectivity index (χ1v) is 17.4. The molecule has 252 valence electrons. The van der Waals surface area contributed by atoms with Crippen LogP contribution >= 0.6 is 0 Å². The largest absolute Gasteiger partial charge is 2.00 e. The van der Waals surface area contributed by atoms with E-state index >= 15 is 0 Å². The maximum Gasteiger partial charge on any atom is 2.00 e. The van der Waals surface area contributed by atoms with Gasteiger partial charge in [-0.25, -0.2) is 10.4 Å². The quantitative estimate of drug-likeness (QED) is 0.132. The van der Waals surface area contributed by atoms with Crippen LogP contribution in [0.2, 0.25) is 0 Å². The minimum Gasteiger partial charge on any atom is -0.695 e. The van der Waals surface area contributed by atoms with Gasteiger partial charge in [-0.15, -0.1) is 17.6 Å². The fourth-order valence-electron chi connectivity index (χ4n) is 7.33. The van der Waals surface area contributed by atoms with Crippen LogP contribution in [0.4, 0.5) is 0 Å². The molecule has 4 heterocycles. The van der Waals surface area contributed by atoms with E-state index in [9.17, 15) is 0 Å². The molecule has 0 atom stereocenters. The molecule has 0 N–H and O–H groups in total. The van der Waals surface area contributed by atoms with E-state index in [-0.39, 0.29) is 40.2 Å². The van der Waals surface area contributed by atoms with Crippen LogP contribution in [0, 0.1) is 6.07 Å². The Morgan fingerprint density at radius 3 is 2.13 bits per heavy atom. The molecule has 8 aromatic rings. The zero-order chi connectivity index (χ0) is 34.5. The van der Waals surface area contributed by atoms with Crippen molar-refractivity contribution < 1.29 is 25.8 Å². The molecule has 1 aliphatic heterocycles. The summed E-state index contributed by atoms with van der Waals surface area (Å²) in [5.41, 5.74) is 9.85. The number of hydrogen-bond acceptors (Lipinski definition) is 3. The Morgan fingerprint density at radius 1 is 0.673 bits per heavy atom. The minimum atomic E-state index is -0.263. The van der Waals surface area contributed by atoms with Crippen molar-refractivity contribution in [3.05, 3.63) is 169 Å². The summed E-state index contributed by atoms with van der Waals surface area (Å²) in [5, 5.41) is 7.73. The van der Waals surface area contributed by atoms with Crippen LogP contribution in [0.3, 0.4) is 0 Å². The van der Waals surface area contributed by atoms with Crippen molar-refractivity contribution in [3.8, 4) is 28.6 Å². The summed E-state index contributed by atoms with van der Waals surface area (Å²) >= 11 is 0. The van der Waals surface area contributed by atoms with E-state index in [0.29, 0.717) is 11.6 Å². The number of para-hydroxylation sites is 1. The van der Waals surface area contributed by atoms with Gasteiger partial charge in [-0.05, 0) is 46.4 Å². The number of pyridine rings is 2. The molecule has 0 bridgehead atoms. The molecule has 0 radical (unpaired) electrons. The van der Waals surface area contributed by atoms with Gasteiger partial charge < -0.3 is 9.88 Å². The Balaban J connectivity index is 0.00000387. The van der Waals surface area contributed by atoms with Gasteiger partial charge in [0.15, 0.2) is 5.65 Å². The minimum absolute atomic E-state index is 0.